The minimum absolute atomic E-state index is 0.0573. The molecule has 0 bridgehead atoms. The maximum atomic E-state index is 11.8. The molecule has 1 aromatic carbocycles. The van der Waals surface area contributed by atoms with Crippen LogP contribution in [0.5, 0.6) is 0 Å². The number of carbonyl (C=O) groups excluding carboxylic acids is 2. The standard InChI is InChI=1S/C15H19NO4/c1-10(11-7-5-4-6-8-11)16-12(14(17)19-2)9-13(16)15(18)20-3/h4-8,10,12-13H,9H2,1-3H3/t10-,12-,13-/m0/s1. The number of carbonyl (C=O) groups is 2. The second-order valence-corrected chi connectivity index (χ2v) is 4.85. The summed E-state index contributed by atoms with van der Waals surface area (Å²) in [5.41, 5.74) is 1.05. The molecule has 1 fully saturated rings. The molecule has 20 heavy (non-hydrogen) atoms. The van der Waals surface area contributed by atoms with Crippen molar-refractivity contribution in [2.24, 2.45) is 0 Å². The van der Waals surface area contributed by atoms with Gasteiger partial charge in [-0.2, -0.15) is 0 Å². The first-order valence-electron chi connectivity index (χ1n) is 6.58. The van der Waals surface area contributed by atoms with Gasteiger partial charge in [-0.25, -0.2) is 0 Å². The molecule has 0 amide bonds. The van der Waals surface area contributed by atoms with E-state index < -0.39 is 0 Å². The van der Waals surface area contributed by atoms with Crippen LogP contribution < -0.4 is 0 Å². The fourth-order valence-electron chi connectivity index (χ4n) is 2.69. The third-order valence-electron chi connectivity index (χ3n) is 3.84. The number of hydrogen-bond donors (Lipinski definition) is 0. The van der Waals surface area contributed by atoms with Crippen molar-refractivity contribution < 1.29 is 19.1 Å². The van der Waals surface area contributed by atoms with Gasteiger partial charge in [-0.3, -0.25) is 14.5 Å². The Morgan fingerprint density at radius 3 is 2.05 bits per heavy atom. The van der Waals surface area contributed by atoms with E-state index in [1.54, 1.807) is 0 Å². The van der Waals surface area contributed by atoms with Crippen molar-refractivity contribution in [3.8, 4) is 0 Å². The highest BCUT2D eigenvalue weighted by molar-refractivity contribution is 5.84. The topological polar surface area (TPSA) is 55.8 Å². The maximum absolute atomic E-state index is 11.8. The second kappa shape index (κ2) is 6.05. The van der Waals surface area contributed by atoms with Crippen LogP contribution in [0.15, 0.2) is 30.3 Å². The third kappa shape index (κ3) is 2.54. The summed E-state index contributed by atoms with van der Waals surface area (Å²) < 4.78 is 9.60. The van der Waals surface area contributed by atoms with Crippen molar-refractivity contribution >= 4 is 11.9 Å². The number of methoxy groups -OCH3 is 2. The van der Waals surface area contributed by atoms with Crippen LogP contribution in [0.4, 0.5) is 0 Å². The summed E-state index contributed by atoms with van der Waals surface area (Å²) >= 11 is 0. The summed E-state index contributed by atoms with van der Waals surface area (Å²) in [7, 11) is 2.72. The number of benzene rings is 1. The van der Waals surface area contributed by atoms with Gasteiger partial charge in [0.05, 0.1) is 14.2 Å². The molecule has 1 saturated heterocycles. The lowest BCUT2D eigenvalue weighted by Crippen LogP contribution is -2.63. The quantitative estimate of drug-likeness (QED) is 0.781. The maximum Gasteiger partial charge on any atom is 0.323 e. The van der Waals surface area contributed by atoms with E-state index in [4.69, 9.17) is 9.47 Å². The highest BCUT2D eigenvalue weighted by Crippen LogP contribution is 2.36. The molecule has 1 aliphatic rings. The Morgan fingerprint density at radius 1 is 1.10 bits per heavy atom. The number of hydrogen-bond acceptors (Lipinski definition) is 5. The van der Waals surface area contributed by atoms with Crippen molar-refractivity contribution in [3.05, 3.63) is 35.9 Å². The predicted octanol–water partition coefficient (Wildman–Crippen LogP) is 1.54. The summed E-state index contributed by atoms with van der Waals surface area (Å²) in [5.74, 6) is -0.624. The number of rotatable bonds is 4. The van der Waals surface area contributed by atoms with Crippen LogP contribution in [0, 0.1) is 0 Å². The molecule has 0 aliphatic carbocycles. The van der Waals surface area contributed by atoms with Crippen molar-refractivity contribution in [2.75, 3.05) is 14.2 Å². The molecule has 2 rings (SSSR count). The Bertz CT molecular complexity index is 466. The zero-order valence-electron chi connectivity index (χ0n) is 11.9. The minimum atomic E-state index is -0.390. The fraction of sp³-hybridized carbons (Fsp3) is 0.467. The Labute approximate surface area is 118 Å². The van der Waals surface area contributed by atoms with Crippen LogP contribution in [-0.4, -0.2) is 43.1 Å². The second-order valence-electron chi connectivity index (χ2n) is 4.85. The van der Waals surface area contributed by atoms with Crippen LogP contribution >= 0.6 is 0 Å². The number of nitrogens with zero attached hydrogens (tertiary/aromatic N) is 1. The van der Waals surface area contributed by atoms with E-state index in [0.29, 0.717) is 6.42 Å². The third-order valence-corrected chi connectivity index (χ3v) is 3.84. The van der Waals surface area contributed by atoms with E-state index >= 15 is 0 Å². The Hall–Kier alpha value is -1.88. The molecule has 1 aromatic rings. The van der Waals surface area contributed by atoms with E-state index in [1.165, 1.54) is 14.2 Å². The van der Waals surface area contributed by atoms with Crippen molar-refractivity contribution in [2.45, 2.75) is 31.5 Å². The SMILES string of the molecule is COC(=O)[C@@H]1C[C@@H](C(=O)OC)N1[C@@H](C)c1ccccc1. The average Bonchev–Trinajstić information content (AvgIpc) is 2.46. The summed E-state index contributed by atoms with van der Waals surface area (Å²) in [5, 5.41) is 0. The van der Waals surface area contributed by atoms with Crippen LogP contribution in [0.25, 0.3) is 0 Å². The molecule has 0 saturated carbocycles. The molecule has 0 radical (unpaired) electrons. The van der Waals surface area contributed by atoms with Gasteiger partial charge in [0.25, 0.3) is 0 Å². The summed E-state index contributed by atoms with van der Waals surface area (Å²) in [6, 6.07) is 8.92. The van der Waals surface area contributed by atoms with Gasteiger partial charge in [0, 0.05) is 6.04 Å². The lowest BCUT2D eigenvalue weighted by molar-refractivity contribution is -0.171. The summed E-state index contributed by atoms with van der Waals surface area (Å²) in [6.45, 7) is 1.97. The predicted molar refractivity (Wildman–Crippen MR) is 72.9 cm³/mol. The van der Waals surface area contributed by atoms with Gasteiger partial charge >= 0.3 is 11.9 Å². The fourth-order valence-corrected chi connectivity index (χ4v) is 2.69. The van der Waals surface area contributed by atoms with Crippen molar-refractivity contribution in [3.63, 3.8) is 0 Å². The highest BCUT2D eigenvalue weighted by atomic mass is 16.5. The molecule has 0 unspecified atom stereocenters. The molecule has 5 heteroatoms. The van der Waals surface area contributed by atoms with Crippen LogP contribution in [-0.2, 0) is 19.1 Å². The molecule has 5 nitrogen and oxygen atoms in total. The van der Waals surface area contributed by atoms with E-state index in [1.807, 2.05) is 42.2 Å². The Kier molecular flexibility index (Phi) is 4.39. The van der Waals surface area contributed by atoms with Gasteiger partial charge in [-0.1, -0.05) is 30.3 Å². The molecule has 1 heterocycles. The van der Waals surface area contributed by atoms with Gasteiger partial charge in [0.2, 0.25) is 0 Å². The highest BCUT2D eigenvalue weighted by Gasteiger charge is 2.50. The van der Waals surface area contributed by atoms with E-state index in [-0.39, 0.29) is 30.1 Å². The van der Waals surface area contributed by atoms with Crippen LogP contribution in [0.1, 0.15) is 24.9 Å². The molecule has 3 atom stereocenters. The number of likely N-dealkylation sites (tertiary alicyclic amines) is 1. The molecular weight excluding hydrogens is 258 g/mol. The van der Waals surface area contributed by atoms with E-state index in [0.717, 1.165) is 5.56 Å². The van der Waals surface area contributed by atoms with Gasteiger partial charge in [0.15, 0.2) is 0 Å². The first kappa shape index (κ1) is 14.5. The molecule has 0 aromatic heterocycles. The normalized spacial score (nSPS) is 23.6. The molecule has 0 spiro atoms. The average molecular weight is 277 g/mol. The zero-order chi connectivity index (χ0) is 14.7. The van der Waals surface area contributed by atoms with E-state index in [9.17, 15) is 9.59 Å². The Morgan fingerprint density at radius 2 is 1.60 bits per heavy atom. The summed E-state index contributed by atoms with van der Waals surface area (Å²) in [6.07, 6.45) is 0.441. The largest absolute Gasteiger partial charge is 0.468 e. The lowest BCUT2D eigenvalue weighted by atomic mass is 9.88. The van der Waals surface area contributed by atoms with Crippen LogP contribution in [0.2, 0.25) is 0 Å². The van der Waals surface area contributed by atoms with Crippen molar-refractivity contribution in [1.82, 2.24) is 4.90 Å². The van der Waals surface area contributed by atoms with Gasteiger partial charge < -0.3 is 9.47 Å². The smallest absolute Gasteiger partial charge is 0.323 e. The van der Waals surface area contributed by atoms with Gasteiger partial charge in [0.1, 0.15) is 12.1 Å². The first-order valence-corrected chi connectivity index (χ1v) is 6.58. The number of esters is 2. The number of ether oxygens (including phenoxy) is 2. The zero-order valence-corrected chi connectivity index (χ0v) is 11.9. The monoisotopic (exact) mass is 277 g/mol. The lowest BCUT2D eigenvalue weighted by Gasteiger charge is -2.48. The molecule has 108 valence electrons. The molecular formula is C15H19NO4. The summed E-state index contributed by atoms with van der Waals surface area (Å²) in [4.78, 5) is 25.4. The van der Waals surface area contributed by atoms with E-state index in [2.05, 4.69) is 0 Å². The molecule has 1 aliphatic heterocycles. The van der Waals surface area contributed by atoms with Crippen molar-refractivity contribution in [1.29, 1.82) is 0 Å². The van der Waals surface area contributed by atoms with Crippen LogP contribution in [0.3, 0.4) is 0 Å². The Balaban J connectivity index is 2.22. The van der Waals surface area contributed by atoms with Gasteiger partial charge in [-0.15, -0.1) is 0 Å². The van der Waals surface area contributed by atoms with Gasteiger partial charge in [-0.05, 0) is 18.9 Å². The minimum Gasteiger partial charge on any atom is -0.468 e. The molecule has 0 N–H and O–H groups in total. The first-order chi connectivity index (χ1) is 9.60.